The van der Waals surface area contributed by atoms with Crippen LogP contribution in [-0.4, -0.2) is 11.3 Å². The molecule has 0 fully saturated rings. The van der Waals surface area contributed by atoms with Crippen molar-refractivity contribution in [3.05, 3.63) is 120 Å². The highest BCUT2D eigenvalue weighted by Gasteiger charge is 2.39. The van der Waals surface area contributed by atoms with E-state index in [0.717, 1.165) is 6.42 Å². The molecule has 0 spiro atoms. The minimum Gasteiger partial charge on any atom is -0.310 e. The van der Waals surface area contributed by atoms with E-state index >= 15 is 0 Å². The van der Waals surface area contributed by atoms with E-state index < -0.39 is 0 Å². The molecule has 2 aliphatic rings. The van der Waals surface area contributed by atoms with Crippen LogP contribution in [0.3, 0.4) is 0 Å². The average Bonchev–Trinajstić information content (AvgIpc) is 3.22. The lowest BCUT2D eigenvalue weighted by Gasteiger charge is -2.34. The molecule has 0 aliphatic carbocycles. The van der Waals surface area contributed by atoms with Crippen LogP contribution in [0.1, 0.15) is 11.1 Å². The topological polar surface area (TPSA) is 4.93 Å². The molecule has 0 N–H and O–H groups in total. The Morgan fingerprint density at radius 1 is 0.576 bits per heavy atom. The Morgan fingerprint density at radius 3 is 2.30 bits per heavy atom. The second kappa shape index (κ2) is 6.27. The highest BCUT2D eigenvalue weighted by atomic mass is 15.0. The predicted octanol–water partition coefficient (Wildman–Crippen LogP) is 5.18. The lowest BCUT2D eigenvalue weighted by atomic mass is 9.32. The zero-order chi connectivity index (χ0) is 21.5. The Balaban J connectivity index is 1.62. The maximum atomic E-state index is 2.56. The summed E-state index contributed by atoms with van der Waals surface area (Å²) in [4.78, 5) is 0. The van der Waals surface area contributed by atoms with Gasteiger partial charge in [0.1, 0.15) is 0 Å². The number of fused-ring (bicyclic) bond motifs is 8. The quantitative estimate of drug-likeness (QED) is 0.324. The monoisotopic (exact) mass is 417 g/mol. The molecule has 2 heteroatoms. The fourth-order valence-electron chi connectivity index (χ4n) is 6.39. The van der Waals surface area contributed by atoms with Gasteiger partial charge in [0.25, 0.3) is 0 Å². The molecular formula is C31H20BN. The summed E-state index contributed by atoms with van der Waals surface area (Å²) in [6.45, 7) is 0.268. The largest absolute Gasteiger partial charge is 0.310 e. The smallest absolute Gasteiger partial charge is 0.247 e. The maximum Gasteiger partial charge on any atom is 0.247 e. The third-order valence-corrected chi connectivity index (χ3v) is 7.69. The van der Waals surface area contributed by atoms with Gasteiger partial charge in [0.15, 0.2) is 0 Å². The highest BCUT2D eigenvalue weighted by Crippen LogP contribution is 2.38. The van der Waals surface area contributed by atoms with Crippen molar-refractivity contribution in [2.24, 2.45) is 0 Å². The number of hydrogen-bond donors (Lipinski definition) is 0. The predicted molar refractivity (Wildman–Crippen MR) is 140 cm³/mol. The van der Waals surface area contributed by atoms with Crippen molar-refractivity contribution in [2.45, 2.75) is 6.42 Å². The number of hydrogen-bond acceptors (Lipinski definition) is 0. The van der Waals surface area contributed by atoms with Crippen molar-refractivity contribution in [3.63, 3.8) is 0 Å². The molecule has 0 atom stereocenters. The summed E-state index contributed by atoms with van der Waals surface area (Å²) >= 11 is 0. The lowest BCUT2D eigenvalue weighted by Crippen LogP contribution is -2.60. The van der Waals surface area contributed by atoms with Crippen LogP contribution in [0, 0.1) is 0 Å². The highest BCUT2D eigenvalue weighted by molar-refractivity contribution is 6.99. The fourth-order valence-corrected chi connectivity index (χ4v) is 6.39. The van der Waals surface area contributed by atoms with Crippen LogP contribution in [0.15, 0.2) is 109 Å². The van der Waals surface area contributed by atoms with Crippen LogP contribution in [0.2, 0.25) is 0 Å². The number of para-hydroxylation sites is 2. The molecule has 0 saturated carbocycles. The van der Waals surface area contributed by atoms with Gasteiger partial charge in [-0.1, -0.05) is 109 Å². The first kappa shape index (κ1) is 17.5. The fraction of sp³-hybridized carbons (Fsp3) is 0.0323. The Kier molecular flexibility index (Phi) is 3.33. The zero-order valence-corrected chi connectivity index (χ0v) is 18.1. The van der Waals surface area contributed by atoms with Gasteiger partial charge in [-0.3, -0.25) is 0 Å². The molecule has 3 heterocycles. The molecule has 5 aromatic carbocycles. The number of rotatable bonds is 1. The molecule has 0 bridgehead atoms. The van der Waals surface area contributed by atoms with Crippen LogP contribution in [-0.2, 0) is 6.42 Å². The third kappa shape index (κ3) is 2.18. The van der Waals surface area contributed by atoms with Crippen LogP contribution >= 0.6 is 0 Å². The number of benzene rings is 5. The molecule has 2 aliphatic heterocycles. The summed E-state index contributed by atoms with van der Waals surface area (Å²) in [5, 5.41) is 2.70. The molecule has 8 rings (SSSR count). The van der Waals surface area contributed by atoms with Gasteiger partial charge in [-0.15, -0.1) is 0 Å². The molecule has 0 saturated heterocycles. The number of aromatic nitrogens is 1. The Hall–Kier alpha value is -4.04. The summed E-state index contributed by atoms with van der Waals surface area (Å²) < 4.78 is 2.56. The minimum atomic E-state index is 0.268. The van der Waals surface area contributed by atoms with Crippen LogP contribution in [0.5, 0.6) is 0 Å². The summed E-state index contributed by atoms with van der Waals surface area (Å²) in [7, 11) is 0. The van der Waals surface area contributed by atoms with Gasteiger partial charge in [0.2, 0.25) is 6.71 Å². The zero-order valence-electron chi connectivity index (χ0n) is 18.1. The normalized spacial score (nSPS) is 13.3. The maximum absolute atomic E-state index is 2.56. The second-order valence-electron chi connectivity index (χ2n) is 9.31. The van der Waals surface area contributed by atoms with Crippen molar-refractivity contribution in [3.8, 4) is 16.8 Å². The second-order valence-corrected chi connectivity index (χ2v) is 9.31. The Morgan fingerprint density at radius 2 is 1.36 bits per heavy atom. The SMILES string of the molecule is c1ccc(-c2cccc3c2-n2c4ccccc4c4ccc5c(c42)B3c2ccccc2C5)cc1. The standard InChI is InChI=1S/C31H20BN/c1-2-9-20(10-3-1)23-13-8-15-27-30(23)33-28-16-7-5-12-24(28)25-18-17-22-19-21-11-4-6-14-26(21)32(27)29(22)31(25)33/h1-18H,19H2. The minimum absolute atomic E-state index is 0.268. The van der Waals surface area contributed by atoms with E-state index in [-0.39, 0.29) is 6.71 Å². The van der Waals surface area contributed by atoms with Crippen molar-refractivity contribution < 1.29 is 0 Å². The average molecular weight is 417 g/mol. The van der Waals surface area contributed by atoms with Gasteiger partial charge in [0.05, 0.1) is 5.52 Å². The molecular weight excluding hydrogens is 397 g/mol. The Labute approximate surface area is 193 Å². The van der Waals surface area contributed by atoms with Gasteiger partial charge in [-0.05, 0) is 40.1 Å². The van der Waals surface area contributed by atoms with E-state index in [1.807, 2.05) is 0 Å². The molecule has 33 heavy (non-hydrogen) atoms. The molecule has 152 valence electrons. The molecule has 6 aromatic rings. The molecule has 1 nitrogen and oxygen atoms in total. The van der Waals surface area contributed by atoms with Crippen molar-refractivity contribution >= 4 is 44.9 Å². The van der Waals surface area contributed by atoms with Gasteiger partial charge in [-0.25, -0.2) is 0 Å². The lowest BCUT2D eigenvalue weighted by molar-refractivity contribution is 1.16. The van der Waals surface area contributed by atoms with Gasteiger partial charge in [-0.2, -0.15) is 0 Å². The third-order valence-electron chi connectivity index (χ3n) is 7.69. The first-order chi connectivity index (χ1) is 16.4. The molecule has 0 radical (unpaired) electrons. The summed E-state index contributed by atoms with van der Waals surface area (Å²) in [6.07, 6.45) is 1.01. The molecule has 1 aromatic heterocycles. The van der Waals surface area contributed by atoms with Crippen LogP contribution in [0.4, 0.5) is 0 Å². The summed E-state index contributed by atoms with van der Waals surface area (Å²) in [6, 6.07) is 40.4. The van der Waals surface area contributed by atoms with E-state index in [9.17, 15) is 0 Å². The molecule has 0 amide bonds. The molecule has 0 unspecified atom stereocenters. The number of nitrogens with zero attached hydrogens (tertiary/aromatic N) is 1. The van der Waals surface area contributed by atoms with Crippen molar-refractivity contribution in [1.29, 1.82) is 0 Å². The first-order valence-corrected chi connectivity index (χ1v) is 11.7. The van der Waals surface area contributed by atoms with E-state index in [4.69, 9.17) is 0 Å². The van der Waals surface area contributed by atoms with E-state index in [1.54, 1.807) is 0 Å². The van der Waals surface area contributed by atoms with Crippen LogP contribution in [0.25, 0.3) is 38.6 Å². The summed E-state index contributed by atoms with van der Waals surface area (Å²) in [5.41, 5.74) is 13.9. The van der Waals surface area contributed by atoms with Crippen molar-refractivity contribution in [1.82, 2.24) is 4.57 Å². The van der Waals surface area contributed by atoms with Gasteiger partial charge >= 0.3 is 0 Å². The van der Waals surface area contributed by atoms with Gasteiger partial charge in [0, 0.05) is 27.5 Å². The van der Waals surface area contributed by atoms with Gasteiger partial charge < -0.3 is 4.57 Å². The van der Waals surface area contributed by atoms with Crippen molar-refractivity contribution in [2.75, 3.05) is 0 Å². The van der Waals surface area contributed by atoms with E-state index in [1.165, 1.54) is 66.1 Å². The van der Waals surface area contributed by atoms with E-state index in [0.29, 0.717) is 0 Å². The summed E-state index contributed by atoms with van der Waals surface area (Å²) in [5.74, 6) is 0. The van der Waals surface area contributed by atoms with E-state index in [2.05, 4.69) is 114 Å². The Bertz CT molecular complexity index is 1740. The van der Waals surface area contributed by atoms with Crippen LogP contribution < -0.4 is 16.4 Å². The first-order valence-electron chi connectivity index (χ1n) is 11.7.